The molecule has 156 valence electrons. The summed E-state index contributed by atoms with van der Waals surface area (Å²) in [7, 11) is 2.17. The highest BCUT2D eigenvalue weighted by Crippen LogP contribution is 2.40. The molecule has 7 rings (SSSR count). The van der Waals surface area contributed by atoms with Crippen molar-refractivity contribution in [1.82, 2.24) is 9.13 Å². The van der Waals surface area contributed by atoms with Gasteiger partial charge in [-0.2, -0.15) is 0 Å². The number of hydrogen-bond donors (Lipinski definition) is 0. The maximum Gasteiger partial charge on any atom is 0.0641 e. The van der Waals surface area contributed by atoms with Gasteiger partial charge in [-0.15, -0.1) is 0 Å². The zero-order chi connectivity index (χ0) is 21.9. The van der Waals surface area contributed by atoms with E-state index in [1.807, 2.05) is 0 Å². The summed E-state index contributed by atoms with van der Waals surface area (Å²) in [6.07, 6.45) is 0. The summed E-state index contributed by atoms with van der Waals surface area (Å²) in [6, 6.07) is 41.6. The van der Waals surface area contributed by atoms with Crippen LogP contribution in [0.25, 0.3) is 60.4 Å². The first-order valence-electron chi connectivity index (χ1n) is 11.4. The van der Waals surface area contributed by atoms with Crippen LogP contribution in [0, 0.1) is 0 Å². The van der Waals surface area contributed by atoms with Gasteiger partial charge in [-0.25, -0.2) is 0 Å². The number of benzene rings is 5. The van der Waals surface area contributed by atoms with E-state index in [2.05, 4.69) is 131 Å². The summed E-state index contributed by atoms with van der Waals surface area (Å²) in [6.45, 7) is 0. The fraction of sp³-hybridized carbons (Fsp3) is 0.0323. The molecule has 0 aliphatic rings. The van der Waals surface area contributed by atoms with Gasteiger partial charge in [-0.3, -0.25) is 0 Å². The average Bonchev–Trinajstić information content (AvgIpc) is 3.37. The van der Waals surface area contributed by atoms with Crippen LogP contribution in [0.4, 0.5) is 0 Å². The second-order valence-corrected chi connectivity index (χ2v) is 8.70. The topological polar surface area (TPSA) is 9.86 Å². The summed E-state index contributed by atoms with van der Waals surface area (Å²) >= 11 is 0. The minimum atomic E-state index is 1.18. The number of rotatable bonds is 2. The van der Waals surface area contributed by atoms with Gasteiger partial charge in [0.15, 0.2) is 0 Å². The molecule has 0 fully saturated rings. The largest absolute Gasteiger partial charge is 0.344 e. The molecule has 0 saturated carbocycles. The lowest BCUT2D eigenvalue weighted by molar-refractivity contribution is 1.01. The van der Waals surface area contributed by atoms with E-state index < -0.39 is 0 Å². The van der Waals surface area contributed by atoms with E-state index in [1.54, 1.807) is 0 Å². The molecule has 2 heterocycles. The van der Waals surface area contributed by atoms with Crippen molar-refractivity contribution in [3.05, 3.63) is 115 Å². The summed E-state index contributed by atoms with van der Waals surface area (Å²) in [5, 5.41) is 5.18. The van der Waals surface area contributed by atoms with E-state index in [1.165, 1.54) is 60.4 Å². The second kappa shape index (κ2) is 6.85. The zero-order valence-corrected chi connectivity index (χ0v) is 18.4. The van der Waals surface area contributed by atoms with Gasteiger partial charge in [0.05, 0.1) is 16.6 Å². The van der Waals surface area contributed by atoms with Crippen LogP contribution in [0.15, 0.2) is 115 Å². The molecule has 0 aliphatic carbocycles. The quantitative estimate of drug-likeness (QED) is 0.266. The van der Waals surface area contributed by atoms with Gasteiger partial charge in [0.25, 0.3) is 0 Å². The molecule has 2 heteroatoms. The molecule has 0 saturated heterocycles. The third kappa shape index (κ3) is 2.55. The molecule has 0 radical (unpaired) electrons. The molecule has 0 aliphatic heterocycles. The van der Waals surface area contributed by atoms with Crippen LogP contribution < -0.4 is 0 Å². The van der Waals surface area contributed by atoms with Crippen molar-refractivity contribution in [2.75, 3.05) is 0 Å². The Morgan fingerprint density at radius 1 is 0.485 bits per heavy atom. The van der Waals surface area contributed by atoms with Crippen molar-refractivity contribution in [3.8, 4) is 16.8 Å². The van der Waals surface area contributed by atoms with Crippen LogP contribution >= 0.6 is 0 Å². The summed E-state index contributed by atoms with van der Waals surface area (Å²) in [5.41, 5.74) is 8.67. The number of aryl methyl sites for hydroxylation is 1. The fourth-order valence-corrected chi connectivity index (χ4v) is 5.42. The Bertz CT molecular complexity index is 1820. The predicted octanol–water partition coefficient (Wildman–Crippen LogP) is 8.10. The number of nitrogens with zero attached hydrogens (tertiary/aromatic N) is 2. The van der Waals surface area contributed by atoms with Gasteiger partial charge in [-0.1, -0.05) is 84.9 Å². The molecule has 0 bridgehead atoms. The summed E-state index contributed by atoms with van der Waals surface area (Å²) in [5.74, 6) is 0. The molecule has 5 aromatic carbocycles. The molecular weight excluding hydrogens is 400 g/mol. The van der Waals surface area contributed by atoms with Crippen LogP contribution in [0.5, 0.6) is 0 Å². The van der Waals surface area contributed by atoms with Gasteiger partial charge >= 0.3 is 0 Å². The molecule has 2 aromatic heterocycles. The number of para-hydroxylation sites is 2. The van der Waals surface area contributed by atoms with Crippen molar-refractivity contribution < 1.29 is 0 Å². The Balaban J connectivity index is 1.67. The van der Waals surface area contributed by atoms with Crippen molar-refractivity contribution in [3.63, 3.8) is 0 Å². The lowest BCUT2D eigenvalue weighted by Gasteiger charge is -2.11. The Hall–Kier alpha value is -4.30. The zero-order valence-electron chi connectivity index (χ0n) is 18.4. The fourth-order valence-electron chi connectivity index (χ4n) is 5.42. The minimum absolute atomic E-state index is 1.18. The monoisotopic (exact) mass is 422 g/mol. The molecule has 7 aromatic rings. The molecular formula is C31H22N2. The number of fused-ring (bicyclic) bond motifs is 7. The van der Waals surface area contributed by atoms with Gasteiger partial charge < -0.3 is 9.13 Å². The predicted molar refractivity (Wildman–Crippen MR) is 140 cm³/mol. The lowest BCUT2D eigenvalue weighted by Crippen LogP contribution is -1.95. The van der Waals surface area contributed by atoms with E-state index >= 15 is 0 Å². The minimum Gasteiger partial charge on any atom is -0.344 e. The normalized spacial score (nSPS) is 11.8. The van der Waals surface area contributed by atoms with Crippen LogP contribution in [-0.4, -0.2) is 9.13 Å². The van der Waals surface area contributed by atoms with Crippen LogP contribution in [0.2, 0.25) is 0 Å². The van der Waals surface area contributed by atoms with Crippen LogP contribution in [0.1, 0.15) is 0 Å². The van der Waals surface area contributed by atoms with E-state index in [4.69, 9.17) is 0 Å². The Morgan fingerprint density at radius 3 is 2.03 bits per heavy atom. The smallest absolute Gasteiger partial charge is 0.0641 e. The van der Waals surface area contributed by atoms with E-state index in [9.17, 15) is 0 Å². The second-order valence-electron chi connectivity index (χ2n) is 8.70. The molecule has 0 N–H and O–H groups in total. The first-order chi connectivity index (χ1) is 16.3. The molecule has 0 unspecified atom stereocenters. The first kappa shape index (κ1) is 18.3. The van der Waals surface area contributed by atoms with E-state index in [0.717, 1.165) is 0 Å². The van der Waals surface area contributed by atoms with Crippen LogP contribution in [0.3, 0.4) is 0 Å². The van der Waals surface area contributed by atoms with Crippen molar-refractivity contribution >= 4 is 43.6 Å². The lowest BCUT2D eigenvalue weighted by atomic mass is 10.0. The maximum atomic E-state index is 2.45. The van der Waals surface area contributed by atoms with Crippen molar-refractivity contribution in [2.24, 2.45) is 7.05 Å². The van der Waals surface area contributed by atoms with Gasteiger partial charge in [0.1, 0.15) is 0 Å². The Morgan fingerprint density at radius 2 is 1.18 bits per heavy atom. The third-order valence-electron chi connectivity index (χ3n) is 6.92. The molecule has 0 atom stereocenters. The molecule has 2 nitrogen and oxygen atoms in total. The SMILES string of the molecule is Cn1c2ccccc2c2c1ccc1c3ccccc3n(-c3cccc(-c4ccccc4)c3)c12. The van der Waals surface area contributed by atoms with Crippen molar-refractivity contribution in [1.29, 1.82) is 0 Å². The standard InChI is InChI=1S/C31H22N2/c1-32-27-16-7-6-15-26(27)30-29(32)19-18-25-24-14-5-8-17-28(24)33(31(25)30)23-13-9-12-22(20-23)21-10-3-2-4-11-21/h2-20H,1H3. The van der Waals surface area contributed by atoms with Crippen molar-refractivity contribution in [2.45, 2.75) is 0 Å². The highest BCUT2D eigenvalue weighted by atomic mass is 15.0. The summed E-state index contributed by atoms with van der Waals surface area (Å²) < 4.78 is 4.76. The highest BCUT2D eigenvalue weighted by molar-refractivity contribution is 6.25. The molecule has 33 heavy (non-hydrogen) atoms. The Kier molecular flexibility index (Phi) is 3.80. The third-order valence-corrected chi connectivity index (χ3v) is 6.92. The van der Waals surface area contributed by atoms with Crippen LogP contribution in [-0.2, 0) is 7.05 Å². The summed E-state index contributed by atoms with van der Waals surface area (Å²) in [4.78, 5) is 0. The Labute approximate surface area is 191 Å². The van der Waals surface area contributed by atoms with E-state index in [0.29, 0.717) is 0 Å². The first-order valence-corrected chi connectivity index (χ1v) is 11.4. The van der Waals surface area contributed by atoms with Gasteiger partial charge in [-0.05, 0) is 41.5 Å². The number of hydrogen-bond acceptors (Lipinski definition) is 0. The molecule has 0 amide bonds. The highest BCUT2D eigenvalue weighted by Gasteiger charge is 2.19. The molecule has 0 spiro atoms. The van der Waals surface area contributed by atoms with Gasteiger partial charge in [0.2, 0.25) is 0 Å². The number of aromatic nitrogens is 2. The van der Waals surface area contributed by atoms with Gasteiger partial charge in [0, 0.05) is 39.8 Å². The van der Waals surface area contributed by atoms with E-state index in [-0.39, 0.29) is 0 Å². The maximum absolute atomic E-state index is 2.45. The average molecular weight is 423 g/mol.